The van der Waals surface area contributed by atoms with Crippen LogP contribution in [0.1, 0.15) is 48.1 Å². The zero-order valence-electron chi connectivity index (χ0n) is 26.6. The van der Waals surface area contributed by atoms with Crippen molar-refractivity contribution >= 4 is 43.4 Å². The first-order valence-electron chi connectivity index (χ1n) is 15.7. The SMILES string of the molecule is CN1CCC(n2ncc3c(C4=CC(C)(S(=O)(=O)n5cc(-c6ccc(C(=O)N(C)C)cc6)c6cccnc65)CC=C4)cccc32)CC1. The van der Waals surface area contributed by atoms with Crippen molar-refractivity contribution < 1.29 is 13.2 Å². The van der Waals surface area contributed by atoms with E-state index < -0.39 is 14.8 Å². The fourth-order valence-electron chi connectivity index (χ4n) is 6.78. The molecule has 5 aromatic rings. The number of allylic oxidation sites excluding steroid dienone is 3. The summed E-state index contributed by atoms with van der Waals surface area (Å²) in [6.45, 7) is 3.87. The Balaban J connectivity index is 1.28. The fourth-order valence-corrected chi connectivity index (χ4v) is 8.42. The van der Waals surface area contributed by atoms with E-state index in [0.29, 0.717) is 23.7 Å². The van der Waals surface area contributed by atoms with Crippen LogP contribution in [0.3, 0.4) is 0 Å². The standard InChI is InChI=1S/C36H38N6O3S/c1-36(18-6-8-27(22-36)29-9-5-11-33-31(29)23-38-42(33)28-16-20-40(4)21-17-28)46(44,45)41-24-32(30-10-7-19-37-34(30)41)25-12-14-26(15-13-25)35(43)39(2)3/h5-15,19,22-24,28H,16-18,20-21H2,1-4H3. The smallest absolute Gasteiger partial charge is 0.253 e. The highest BCUT2D eigenvalue weighted by atomic mass is 32.2. The van der Waals surface area contributed by atoms with Gasteiger partial charge in [0.15, 0.2) is 5.65 Å². The molecule has 2 aliphatic rings. The van der Waals surface area contributed by atoms with Gasteiger partial charge in [0, 0.05) is 48.4 Å². The van der Waals surface area contributed by atoms with E-state index in [4.69, 9.17) is 5.10 Å². The number of likely N-dealkylation sites (tertiary alicyclic amines) is 1. The summed E-state index contributed by atoms with van der Waals surface area (Å²) in [6.07, 6.45) is 13.5. The lowest BCUT2D eigenvalue weighted by Gasteiger charge is -2.30. The maximum absolute atomic E-state index is 14.6. The highest BCUT2D eigenvalue weighted by molar-refractivity contribution is 7.91. The molecule has 0 radical (unpaired) electrons. The minimum absolute atomic E-state index is 0.0936. The predicted molar refractivity (Wildman–Crippen MR) is 183 cm³/mol. The lowest BCUT2D eigenvalue weighted by Crippen LogP contribution is -2.38. The Morgan fingerprint density at radius 3 is 2.48 bits per heavy atom. The minimum Gasteiger partial charge on any atom is -0.345 e. The second-order valence-electron chi connectivity index (χ2n) is 12.9. The summed E-state index contributed by atoms with van der Waals surface area (Å²) in [7, 11) is 1.60. The van der Waals surface area contributed by atoms with Gasteiger partial charge in [-0.3, -0.25) is 9.48 Å². The van der Waals surface area contributed by atoms with Gasteiger partial charge < -0.3 is 9.80 Å². The van der Waals surface area contributed by atoms with Gasteiger partial charge in [0.25, 0.3) is 5.91 Å². The molecule has 2 aromatic carbocycles. The third-order valence-corrected chi connectivity index (χ3v) is 11.8. The van der Waals surface area contributed by atoms with Gasteiger partial charge in [-0.25, -0.2) is 17.4 Å². The molecule has 1 atom stereocenters. The average molecular weight is 635 g/mol. The van der Waals surface area contributed by atoms with E-state index in [9.17, 15) is 13.2 Å². The number of fused-ring (bicyclic) bond motifs is 2. The first kappa shape index (κ1) is 30.1. The first-order valence-corrected chi connectivity index (χ1v) is 17.1. The van der Waals surface area contributed by atoms with Gasteiger partial charge in [-0.15, -0.1) is 0 Å². The summed E-state index contributed by atoms with van der Waals surface area (Å²) < 4.78 is 31.5. The van der Waals surface area contributed by atoms with Crippen molar-refractivity contribution in [3.8, 4) is 11.1 Å². The Kier molecular flexibility index (Phi) is 7.44. The maximum atomic E-state index is 14.6. The van der Waals surface area contributed by atoms with Crippen molar-refractivity contribution in [3.63, 3.8) is 0 Å². The second kappa shape index (κ2) is 11.4. The molecule has 1 aliphatic heterocycles. The number of amides is 1. The summed E-state index contributed by atoms with van der Waals surface area (Å²) in [4.78, 5) is 20.9. The number of hydrogen-bond acceptors (Lipinski definition) is 6. The molecule has 1 unspecified atom stereocenters. The van der Waals surface area contributed by atoms with Gasteiger partial charge in [-0.1, -0.05) is 42.5 Å². The van der Waals surface area contributed by atoms with Crippen molar-refractivity contribution in [1.29, 1.82) is 0 Å². The number of rotatable bonds is 6. The minimum atomic E-state index is -3.98. The fraction of sp³-hybridized carbons (Fsp3) is 0.306. The third-order valence-electron chi connectivity index (χ3n) is 9.50. The normalized spacial score (nSPS) is 19.5. The highest BCUT2D eigenvalue weighted by Gasteiger charge is 2.41. The van der Waals surface area contributed by atoms with Crippen molar-refractivity contribution in [2.24, 2.45) is 0 Å². The Hall–Kier alpha value is -4.54. The van der Waals surface area contributed by atoms with E-state index >= 15 is 0 Å². The van der Waals surface area contributed by atoms with Crippen molar-refractivity contribution in [2.45, 2.75) is 37.0 Å². The van der Waals surface area contributed by atoms with Crippen molar-refractivity contribution in [2.75, 3.05) is 34.2 Å². The van der Waals surface area contributed by atoms with Crippen LogP contribution >= 0.6 is 0 Å². The monoisotopic (exact) mass is 634 g/mol. The number of piperidine rings is 1. The quantitative estimate of drug-likeness (QED) is 0.228. The number of pyridine rings is 1. The Morgan fingerprint density at radius 2 is 1.74 bits per heavy atom. The van der Waals surface area contributed by atoms with E-state index in [-0.39, 0.29) is 5.91 Å². The van der Waals surface area contributed by atoms with Gasteiger partial charge in [-0.2, -0.15) is 5.10 Å². The lowest BCUT2D eigenvalue weighted by molar-refractivity contribution is 0.0827. The van der Waals surface area contributed by atoms with Crippen LogP contribution in [-0.2, 0) is 10.0 Å². The van der Waals surface area contributed by atoms with Crippen LogP contribution in [-0.4, -0.2) is 81.8 Å². The number of hydrogen-bond donors (Lipinski definition) is 0. The Bertz CT molecular complexity index is 2130. The largest absolute Gasteiger partial charge is 0.345 e. The molecule has 0 saturated carbocycles. The van der Waals surface area contributed by atoms with E-state index in [0.717, 1.165) is 64.5 Å². The molecule has 0 spiro atoms. The van der Waals surface area contributed by atoms with Gasteiger partial charge in [0.2, 0.25) is 10.0 Å². The molecule has 0 bridgehead atoms. The first-order chi connectivity index (χ1) is 22.1. The zero-order valence-corrected chi connectivity index (χ0v) is 27.4. The van der Waals surface area contributed by atoms with Gasteiger partial charge in [0.05, 0.1) is 17.8 Å². The van der Waals surface area contributed by atoms with Crippen LogP contribution in [0, 0.1) is 0 Å². The molecule has 10 heteroatoms. The molecule has 7 rings (SSSR count). The predicted octanol–water partition coefficient (Wildman–Crippen LogP) is 6.00. The zero-order chi connectivity index (χ0) is 32.2. The molecule has 1 fully saturated rings. The summed E-state index contributed by atoms with van der Waals surface area (Å²) in [5.41, 5.74) is 5.38. The number of carbonyl (C=O) groups is 1. The van der Waals surface area contributed by atoms with Gasteiger partial charge in [-0.05, 0) is 93.4 Å². The van der Waals surface area contributed by atoms with Crippen molar-refractivity contribution in [1.82, 2.24) is 28.5 Å². The van der Waals surface area contributed by atoms with Crippen LogP contribution in [0.5, 0.6) is 0 Å². The molecule has 1 saturated heterocycles. The van der Waals surface area contributed by atoms with E-state index in [1.165, 1.54) is 8.87 Å². The number of carbonyl (C=O) groups excluding carboxylic acids is 1. The molecule has 1 amide bonds. The molecule has 4 heterocycles. The number of benzene rings is 2. The molecular weight excluding hydrogens is 597 g/mol. The molecule has 236 valence electrons. The Labute approximate surface area is 269 Å². The summed E-state index contributed by atoms with van der Waals surface area (Å²) in [5, 5.41) is 6.56. The molecule has 1 aliphatic carbocycles. The van der Waals surface area contributed by atoms with Gasteiger partial charge >= 0.3 is 0 Å². The topological polar surface area (TPSA) is 93.3 Å². The summed E-state index contributed by atoms with van der Waals surface area (Å²) in [5.74, 6) is -0.0936. The van der Waals surface area contributed by atoms with Crippen LogP contribution in [0.15, 0.2) is 91.4 Å². The maximum Gasteiger partial charge on any atom is 0.253 e. The highest BCUT2D eigenvalue weighted by Crippen LogP contribution is 2.40. The molecule has 9 nitrogen and oxygen atoms in total. The number of aromatic nitrogens is 4. The van der Waals surface area contributed by atoms with Crippen molar-refractivity contribution in [3.05, 3.63) is 103 Å². The second-order valence-corrected chi connectivity index (χ2v) is 15.2. The van der Waals surface area contributed by atoms with Crippen LogP contribution in [0.4, 0.5) is 0 Å². The van der Waals surface area contributed by atoms with E-state index in [1.807, 2.05) is 60.8 Å². The Morgan fingerprint density at radius 1 is 0.978 bits per heavy atom. The van der Waals surface area contributed by atoms with Crippen LogP contribution < -0.4 is 0 Å². The molecule has 46 heavy (non-hydrogen) atoms. The van der Waals surface area contributed by atoms with Gasteiger partial charge in [0.1, 0.15) is 4.75 Å². The lowest BCUT2D eigenvalue weighted by atomic mass is 9.91. The van der Waals surface area contributed by atoms with Crippen LogP contribution in [0.2, 0.25) is 0 Å². The average Bonchev–Trinajstić information content (AvgIpc) is 3.68. The van der Waals surface area contributed by atoms with E-state index in [2.05, 4.69) is 27.7 Å². The van der Waals surface area contributed by atoms with E-state index in [1.54, 1.807) is 45.5 Å². The summed E-state index contributed by atoms with van der Waals surface area (Å²) >= 11 is 0. The molecule has 3 aromatic heterocycles. The van der Waals surface area contributed by atoms with Crippen LogP contribution in [0.25, 0.3) is 38.6 Å². The molecular formula is C36H38N6O3S. The molecule has 0 N–H and O–H groups in total. The third kappa shape index (κ3) is 4.96. The summed E-state index contributed by atoms with van der Waals surface area (Å²) in [6, 6.07) is 17.5. The number of nitrogens with zero attached hydrogens (tertiary/aromatic N) is 6.